The fourth-order valence-electron chi connectivity index (χ4n) is 1.04. The Morgan fingerprint density at radius 3 is 2.50 bits per heavy atom. The van der Waals surface area contributed by atoms with Gasteiger partial charge in [0.1, 0.15) is 10.8 Å². The first-order chi connectivity index (χ1) is 7.29. The van der Waals surface area contributed by atoms with Gasteiger partial charge in [0.05, 0.1) is 12.7 Å². The van der Waals surface area contributed by atoms with Gasteiger partial charge in [-0.2, -0.15) is 13.2 Å². The van der Waals surface area contributed by atoms with Crippen LogP contribution in [0.5, 0.6) is 0 Å². The maximum absolute atomic E-state index is 12.4. The van der Waals surface area contributed by atoms with Gasteiger partial charge < -0.3 is 4.74 Å². The van der Waals surface area contributed by atoms with E-state index in [1.807, 2.05) is 0 Å². The number of aromatic nitrogens is 1. The van der Waals surface area contributed by atoms with Crippen LogP contribution in [0.3, 0.4) is 0 Å². The van der Waals surface area contributed by atoms with Crippen LogP contribution >= 0.6 is 11.6 Å². The predicted molar refractivity (Wildman–Crippen MR) is 54.2 cm³/mol. The molecule has 0 aliphatic carbocycles. The van der Waals surface area contributed by atoms with Crippen molar-refractivity contribution in [3.63, 3.8) is 0 Å². The van der Waals surface area contributed by atoms with Gasteiger partial charge in [-0.05, 0) is 31.5 Å². The van der Waals surface area contributed by atoms with Crippen molar-refractivity contribution in [2.75, 3.05) is 0 Å². The molecule has 0 aliphatic rings. The molecule has 0 aromatic carbocycles. The van der Waals surface area contributed by atoms with Crippen LogP contribution in [0.1, 0.15) is 25.1 Å². The summed E-state index contributed by atoms with van der Waals surface area (Å²) in [4.78, 5) is 3.22. The number of alkyl halides is 3. The lowest BCUT2D eigenvalue weighted by molar-refractivity contribution is -0.141. The molecule has 1 rings (SSSR count). The van der Waals surface area contributed by atoms with E-state index in [2.05, 4.69) is 4.98 Å². The van der Waals surface area contributed by atoms with Crippen molar-refractivity contribution in [3.8, 4) is 0 Å². The summed E-state index contributed by atoms with van der Waals surface area (Å²) in [6.45, 7) is 3.68. The summed E-state index contributed by atoms with van der Waals surface area (Å²) >= 11 is 5.50. The van der Waals surface area contributed by atoms with Crippen molar-refractivity contribution < 1.29 is 17.9 Å². The number of pyridine rings is 1. The lowest BCUT2D eigenvalue weighted by Gasteiger charge is -2.10. The molecule has 1 heterocycles. The van der Waals surface area contributed by atoms with Gasteiger partial charge in [-0.3, -0.25) is 0 Å². The second kappa shape index (κ2) is 5.01. The Bertz CT molecular complexity index is 366. The third-order valence-electron chi connectivity index (χ3n) is 1.73. The minimum Gasteiger partial charge on any atom is -0.374 e. The molecule has 16 heavy (non-hydrogen) atoms. The normalized spacial score (nSPS) is 12.2. The largest absolute Gasteiger partial charge is 0.433 e. The molecule has 0 unspecified atom stereocenters. The maximum Gasteiger partial charge on any atom is 0.433 e. The van der Waals surface area contributed by atoms with Crippen LogP contribution in [0, 0.1) is 0 Å². The summed E-state index contributed by atoms with van der Waals surface area (Å²) in [6, 6.07) is 2.30. The summed E-state index contributed by atoms with van der Waals surface area (Å²) in [7, 11) is 0. The number of hydrogen-bond acceptors (Lipinski definition) is 2. The van der Waals surface area contributed by atoms with Gasteiger partial charge in [0.25, 0.3) is 0 Å². The first kappa shape index (κ1) is 13.3. The number of halogens is 4. The summed E-state index contributed by atoms with van der Waals surface area (Å²) < 4.78 is 42.4. The fourth-order valence-corrected chi connectivity index (χ4v) is 1.27. The molecule has 0 fully saturated rings. The molecule has 2 nitrogen and oxygen atoms in total. The topological polar surface area (TPSA) is 22.1 Å². The van der Waals surface area contributed by atoms with Gasteiger partial charge >= 0.3 is 6.18 Å². The minimum absolute atomic E-state index is 0.0544. The molecule has 0 saturated heterocycles. The highest BCUT2D eigenvalue weighted by molar-refractivity contribution is 6.29. The molecule has 1 aromatic rings. The van der Waals surface area contributed by atoms with E-state index in [0.717, 1.165) is 6.07 Å². The standard InChI is InChI=1S/C10H11ClF3NO/c1-6(2)16-5-7-3-8(10(12,13)14)15-9(11)4-7/h3-4,6H,5H2,1-2H3. The molecule has 0 aliphatic heterocycles. The molecule has 6 heteroatoms. The highest BCUT2D eigenvalue weighted by Crippen LogP contribution is 2.29. The Kier molecular flexibility index (Phi) is 4.15. The van der Waals surface area contributed by atoms with Crippen molar-refractivity contribution in [2.24, 2.45) is 0 Å². The van der Waals surface area contributed by atoms with E-state index in [1.54, 1.807) is 13.8 Å². The van der Waals surface area contributed by atoms with E-state index in [0.29, 0.717) is 5.56 Å². The van der Waals surface area contributed by atoms with Crippen LogP contribution < -0.4 is 0 Å². The number of nitrogens with zero attached hydrogens (tertiary/aromatic N) is 1. The van der Waals surface area contributed by atoms with Crippen molar-refractivity contribution in [2.45, 2.75) is 32.7 Å². The van der Waals surface area contributed by atoms with Crippen LogP contribution in [-0.4, -0.2) is 11.1 Å². The highest BCUT2D eigenvalue weighted by atomic mass is 35.5. The Morgan fingerprint density at radius 2 is 2.00 bits per heavy atom. The predicted octanol–water partition coefficient (Wildman–Crippen LogP) is 3.68. The van der Waals surface area contributed by atoms with E-state index in [-0.39, 0.29) is 17.9 Å². The first-order valence-electron chi connectivity index (χ1n) is 4.64. The van der Waals surface area contributed by atoms with Gasteiger partial charge in [0, 0.05) is 0 Å². The molecule has 90 valence electrons. The molecule has 0 amide bonds. The molecule has 0 saturated carbocycles. The third kappa shape index (κ3) is 3.98. The van der Waals surface area contributed by atoms with Crippen LogP contribution in [0.2, 0.25) is 5.15 Å². The summed E-state index contributed by atoms with van der Waals surface area (Å²) in [5, 5.41) is -0.183. The van der Waals surface area contributed by atoms with E-state index < -0.39 is 11.9 Å². The second-order valence-electron chi connectivity index (χ2n) is 3.54. The average Bonchev–Trinajstić information content (AvgIpc) is 2.12. The average molecular weight is 254 g/mol. The maximum atomic E-state index is 12.4. The molecular weight excluding hydrogens is 243 g/mol. The van der Waals surface area contributed by atoms with Crippen LogP contribution in [0.25, 0.3) is 0 Å². The fraction of sp³-hybridized carbons (Fsp3) is 0.500. The van der Waals surface area contributed by atoms with Crippen molar-refractivity contribution in [1.29, 1.82) is 0 Å². The zero-order valence-corrected chi connectivity index (χ0v) is 9.56. The molecule has 0 radical (unpaired) electrons. The van der Waals surface area contributed by atoms with Crippen molar-refractivity contribution in [1.82, 2.24) is 4.98 Å². The molecular formula is C10H11ClF3NO. The summed E-state index contributed by atoms with van der Waals surface area (Å²) in [6.07, 6.45) is -4.54. The Labute approximate surface area is 96.4 Å². The Hall–Kier alpha value is -0.810. The molecule has 0 atom stereocenters. The van der Waals surface area contributed by atoms with E-state index in [9.17, 15) is 13.2 Å². The Morgan fingerprint density at radius 1 is 1.38 bits per heavy atom. The smallest absolute Gasteiger partial charge is 0.374 e. The number of rotatable bonds is 3. The third-order valence-corrected chi connectivity index (χ3v) is 1.92. The quantitative estimate of drug-likeness (QED) is 0.767. The molecule has 0 bridgehead atoms. The van der Waals surface area contributed by atoms with E-state index >= 15 is 0 Å². The van der Waals surface area contributed by atoms with E-state index in [1.165, 1.54) is 6.07 Å². The molecule has 0 spiro atoms. The monoisotopic (exact) mass is 253 g/mol. The van der Waals surface area contributed by atoms with Crippen LogP contribution in [-0.2, 0) is 17.5 Å². The van der Waals surface area contributed by atoms with E-state index in [4.69, 9.17) is 16.3 Å². The minimum atomic E-state index is -4.49. The van der Waals surface area contributed by atoms with Crippen LogP contribution in [0.15, 0.2) is 12.1 Å². The lowest BCUT2D eigenvalue weighted by Crippen LogP contribution is -2.10. The SMILES string of the molecule is CC(C)OCc1cc(Cl)nc(C(F)(F)F)c1. The zero-order chi connectivity index (χ0) is 12.3. The van der Waals surface area contributed by atoms with Gasteiger partial charge in [0.15, 0.2) is 0 Å². The number of hydrogen-bond donors (Lipinski definition) is 0. The summed E-state index contributed by atoms with van der Waals surface area (Å²) in [5.74, 6) is 0. The second-order valence-corrected chi connectivity index (χ2v) is 3.93. The number of ether oxygens (including phenoxy) is 1. The Balaban J connectivity index is 2.90. The molecule has 1 aromatic heterocycles. The van der Waals surface area contributed by atoms with Crippen molar-refractivity contribution >= 4 is 11.6 Å². The first-order valence-corrected chi connectivity index (χ1v) is 5.02. The van der Waals surface area contributed by atoms with Gasteiger partial charge in [-0.1, -0.05) is 11.6 Å². The van der Waals surface area contributed by atoms with Gasteiger partial charge in [-0.25, -0.2) is 4.98 Å². The lowest BCUT2D eigenvalue weighted by atomic mass is 10.2. The van der Waals surface area contributed by atoms with Gasteiger partial charge in [0.2, 0.25) is 0 Å². The zero-order valence-electron chi connectivity index (χ0n) is 8.81. The van der Waals surface area contributed by atoms with Crippen LogP contribution in [0.4, 0.5) is 13.2 Å². The summed E-state index contributed by atoms with van der Waals surface area (Å²) in [5.41, 5.74) is -0.636. The molecule has 0 N–H and O–H groups in total. The van der Waals surface area contributed by atoms with Gasteiger partial charge in [-0.15, -0.1) is 0 Å². The van der Waals surface area contributed by atoms with Crippen molar-refractivity contribution in [3.05, 3.63) is 28.5 Å². The highest BCUT2D eigenvalue weighted by Gasteiger charge is 2.33.